The van der Waals surface area contributed by atoms with E-state index in [0.29, 0.717) is 17.5 Å². The highest BCUT2D eigenvalue weighted by atomic mass is 35.5. The molecule has 0 aliphatic heterocycles. The van der Waals surface area contributed by atoms with E-state index >= 15 is 0 Å². The molecule has 0 aromatic carbocycles. The standard InChI is InChI=1S/C24H33ClN6O2/c1-7-29(5)21-12-17(11-20(25)26-21)10-18(33)14-31(8-9-32)22-13-19(15(2)3)23-16(4)28-30(6)24(23)27-22/h11-13,15,32H,7-10,14H2,1-6H3. The summed E-state index contributed by atoms with van der Waals surface area (Å²) < 4.78 is 1.77. The number of carbonyl (C=O) groups excluding carboxylic acids is 1. The lowest BCUT2D eigenvalue weighted by atomic mass is 9.99. The molecule has 3 aromatic rings. The SMILES string of the molecule is CCN(C)c1cc(CC(=O)CN(CCO)c2cc(C(C)C)c3c(C)nn(C)c3n2)cc(Cl)n1. The molecular formula is C24H33ClN6O2. The molecule has 3 aromatic heterocycles. The van der Waals surface area contributed by atoms with Crippen molar-refractivity contribution in [2.24, 2.45) is 7.05 Å². The van der Waals surface area contributed by atoms with Crippen LogP contribution in [0.15, 0.2) is 18.2 Å². The second kappa shape index (κ2) is 10.5. The first-order chi connectivity index (χ1) is 15.6. The van der Waals surface area contributed by atoms with E-state index in [9.17, 15) is 9.90 Å². The summed E-state index contributed by atoms with van der Waals surface area (Å²) in [6, 6.07) is 5.63. The number of carbonyl (C=O) groups is 1. The highest BCUT2D eigenvalue weighted by Gasteiger charge is 2.20. The van der Waals surface area contributed by atoms with Crippen LogP contribution in [0.1, 0.15) is 43.5 Å². The summed E-state index contributed by atoms with van der Waals surface area (Å²) in [6.07, 6.45) is 0.221. The molecule has 0 fully saturated rings. The number of aryl methyl sites for hydroxylation is 2. The van der Waals surface area contributed by atoms with Crippen molar-refractivity contribution in [3.63, 3.8) is 0 Å². The fourth-order valence-corrected chi connectivity index (χ4v) is 4.19. The van der Waals surface area contributed by atoms with Gasteiger partial charge in [-0.2, -0.15) is 5.10 Å². The van der Waals surface area contributed by atoms with Crippen LogP contribution in [-0.2, 0) is 18.3 Å². The molecule has 33 heavy (non-hydrogen) atoms. The second-order valence-corrected chi connectivity index (χ2v) is 9.05. The molecule has 0 radical (unpaired) electrons. The summed E-state index contributed by atoms with van der Waals surface area (Å²) in [7, 11) is 3.80. The highest BCUT2D eigenvalue weighted by Crippen LogP contribution is 2.30. The van der Waals surface area contributed by atoms with Crippen LogP contribution in [0.2, 0.25) is 5.15 Å². The molecule has 0 atom stereocenters. The normalized spacial score (nSPS) is 11.4. The third-order valence-electron chi connectivity index (χ3n) is 5.78. The minimum Gasteiger partial charge on any atom is -0.395 e. The molecule has 0 unspecified atom stereocenters. The number of aromatic nitrogens is 4. The lowest BCUT2D eigenvalue weighted by Crippen LogP contribution is -2.34. The highest BCUT2D eigenvalue weighted by molar-refractivity contribution is 6.29. The first-order valence-corrected chi connectivity index (χ1v) is 11.6. The minimum absolute atomic E-state index is 0.00463. The first-order valence-electron chi connectivity index (χ1n) is 11.2. The summed E-state index contributed by atoms with van der Waals surface area (Å²) in [5, 5.41) is 15.6. The van der Waals surface area contributed by atoms with Crippen LogP contribution in [0.4, 0.5) is 11.6 Å². The third-order valence-corrected chi connectivity index (χ3v) is 5.97. The third kappa shape index (κ3) is 5.62. The molecule has 1 N–H and O–H groups in total. The lowest BCUT2D eigenvalue weighted by molar-refractivity contribution is -0.117. The average molecular weight is 473 g/mol. The molecule has 8 nitrogen and oxygen atoms in total. The molecule has 0 saturated heterocycles. The van der Waals surface area contributed by atoms with E-state index in [1.807, 2.05) is 49.9 Å². The van der Waals surface area contributed by atoms with Gasteiger partial charge in [0.1, 0.15) is 16.8 Å². The molecule has 3 heterocycles. The number of hydrogen-bond acceptors (Lipinski definition) is 7. The Bertz CT molecular complexity index is 1140. The molecule has 0 aliphatic carbocycles. The number of aliphatic hydroxyl groups excluding tert-OH is 1. The van der Waals surface area contributed by atoms with Crippen LogP contribution in [0.5, 0.6) is 0 Å². The molecule has 9 heteroatoms. The topological polar surface area (TPSA) is 87.4 Å². The van der Waals surface area contributed by atoms with Crippen LogP contribution in [0.3, 0.4) is 0 Å². The van der Waals surface area contributed by atoms with Crippen LogP contribution < -0.4 is 9.80 Å². The number of nitrogens with zero attached hydrogens (tertiary/aromatic N) is 6. The van der Waals surface area contributed by atoms with Crippen molar-refractivity contribution < 1.29 is 9.90 Å². The van der Waals surface area contributed by atoms with Crippen LogP contribution in [0.25, 0.3) is 11.0 Å². The number of aliphatic hydroxyl groups is 1. The smallest absolute Gasteiger partial charge is 0.160 e. The second-order valence-electron chi connectivity index (χ2n) is 8.66. The van der Waals surface area contributed by atoms with Gasteiger partial charge in [-0.05, 0) is 49.1 Å². The van der Waals surface area contributed by atoms with Gasteiger partial charge in [0.05, 0.1) is 18.8 Å². The van der Waals surface area contributed by atoms with Gasteiger partial charge in [0.15, 0.2) is 11.4 Å². The van der Waals surface area contributed by atoms with Gasteiger partial charge < -0.3 is 14.9 Å². The van der Waals surface area contributed by atoms with Crippen molar-refractivity contribution in [1.29, 1.82) is 0 Å². The number of ketones is 1. The van der Waals surface area contributed by atoms with Crippen molar-refractivity contribution in [2.75, 3.05) is 43.1 Å². The Morgan fingerprint density at radius 1 is 1.21 bits per heavy atom. The van der Waals surface area contributed by atoms with Crippen LogP contribution in [0, 0.1) is 6.92 Å². The van der Waals surface area contributed by atoms with Gasteiger partial charge in [0.25, 0.3) is 0 Å². The molecule has 0 amide bonds. The Balaban J connectivity index is 1.90. The monoisotopic (exact) mass is 472 g/mol. The Hall–Kier alpha value is -2.71. The summed E-state index contributed by atoms with van der Waals surface area (Å²) in [4.78, 5) is 26.0. The zero-order chi connectivity index (χ0) is 24.3. The molecule has 3 rings (SSSR count). The average Bonchev–Trinajstić information content (AvgIpc) is 3.05. The Morgan fingerprint density at radius 3 is 2.58 bits per heavy atom. The fourth-order valence-electron chi connectivity index (χ4n) is 3.97. The Labute approximate surface area is 200 Å². The van der Waals surface area contributed by atoms with Crippen LogP contribution >= 0.6 is 11.6 Å². The van der Waals surface area contributed by atoms with Crippen molar-refractivity contribution in [2.45, 2.75) is 40.0 Å². The number of hydrogen-bond donors (Lipinski definition) is 1. The summed E-state index contributed by atoms with van der Waals surface area (Å²) in [5.41, 5.74) is 3.65. The zero-order valence-corrected chi connectivity index (χ0v) is 21.0. The van der Waals surface area contributed by atoms with Gasteiger partial charge in [0, 0.05) is 39.0 Å². The summed E-state index contributed by atoms with van der Waals surface area (Å²) >= 11 is 6.19. The van der Waals surface area contributed by atoms with Crippen molar-refractivity contribution in [1.82, 2.24) is 19.7 Å². The predicted octanol–water partition coefficient (Wildman–Crippen LogP) is 3.52. The molecule has 0 aliphatic rings. The van der Waals surface area contributed by atoms with E-state index < -0.39 is 0 Å². The summed E-state index contributed by atoms with van der Waals surface area (Å²) in [5.74, 6) is 1.66. The molecule has 178 valence electrons. The van der Waals surface area contributed by atoms with E-state index in [2.05, 4.69) is 23.9 Å². The molecule has 0 spiro atoms. The van der Waals surface area contributed by atoms with Crippen molar-refractivity contribution >= 4 is 40.1 Å². The van der Waals surface area contributed by atoms with Gasteiger partial charge in [-0.1, -0.05) is 25.4 Å². The van der Waals surface area contributed by atoms with Crippen LogP contribution in [-0.4, -0.2) is 63.9 Å². The van der Waals surface area contributed by atoms with E-state index in [0.717, 1.165) is 40.2 Å². The largest absolute Gasteiger partial charge is 0.395 e. The maximum absolute atomic E-state index is 13.0. The number of Topliss-reactive ketones (excluding diaryl/α,β-unsaturated/α-hetero) is 1. The first kappa shape index (κ1) is 24.9. The quantitative estimate of drug-likeness (QED) is 0.452. The van der Waals surface area contributed by atoms with E-state index in [-0.39, 0.29) is 31.3 Å². The van der Waals surface area contributed by atoms with E-state index in [4.69, 9.17) is 16.6 Å². The van der Waals surface area contributed by atoms with Gasteiger partial charge in [-0.25, -0.2) is 9.97 Å². The zero-order valence-electron chi connectivity index (χ0n) is 20.3. The van der Waals surface area contributed by atoms with Gasteiger partial charge in [0.2, 0.25) is 0 Å². The Kier molecular flexibility index (Phi) is 7.92. The summed E-state index contributed by atoms with van der Waals surface area (Å²) in [6.45, 7) is 9.40. The van der Waals surface area contributed by atoms with Crippen molar-refractivity contribution in [3.8, 4) is 0 Å². The number of pyridine rings is 2. The lowest BCUT2D eigenvalue weighted by Gasteiger charge is -2.24. The van der Waals surface area contributed by atoms with Gasteiger partial charge in [-0.3, -0.25) is 9.48 Å². The number of anilines is 2. The van der Waals surface area contributed by atoms with Gasteiger partial charge in [-0.15, -0.1) is 0 Å². The van der Waals surface area contributed by atoms with Crippen molar-refractivity contribution in [3.05, 3.63) is 40.2 Å². The van der Waals surface area contributed by atoms with E-state index in [1.165, 1.54) is 0 Å². The Morgan fingerprint density at radius 2 is 1.94 bits per heavy atom. The maximum Gasteiger partial charge on any atom is 0.160 e. The molecular weight excluding hydrogens is 440 g/mol. The minimum atomic E-state index is -0.0824. The molecule has 0 saturated carbocycles. The number of fused-ring (bicyclic) bond motifs is 1. The fraction of sp³-hybridized carbons (Fsp3) is 0.500. The predicted molar refractivity (Wildman–Crippen MR) is 134 cm³/mol. The van der Waals surface area contributed by atoms with Gasteiger partial charge >= 0.3 is 0 Å². The number of halogens is 1. The number of rotatable bonds is 10. The van der Waals surface area contributed by atoms with E-state index in [1.54, 1.807) is 10.7 Å². The molecule has 0 bridgehead atoms. The maximum atomic E-state index is 13.0.